The van der Waals surface area contributed by atoms with Crippen LogP contribution >= 0.6 is 11.8 Å². The molecule has 6 atom stereocenters. The molecular formula is C23H27F3N4O6S. The third kappa shape index (κ3) is 4.74. The van der Waals surface area contributed by atoms with Gasteiger partial charge in [0.25, 0.3) is 0 Å². The topological polar surface area (TPSA) is 141 Å². The van der Waals surface area contributed by atoms with Crippen molar-refractivity contribution in [1.82, 2.24) is 19.9 Å². The van der Waals surface area contributed by atoms with E-state index >= 15 is 0 Å². The van der Waals surface area contributed by atoms with Crippen LogP contribution in [0.25, 0.3) is 11.3 Å². The van der Waals surface area contributed by atoms with Crippen molar-refractivity contribution in [2.24, 2.45) is 0 Å². The Kier molecular flexibility index (Phi) is 7.24. The molecular weight excluding hydrogens is 517 g/mol. The van der Waals surface area contributed by atoms with Crippen LogP contribution in [-0.4, -0.2) is 101 Å². The standard InChI is InChI=1S/C23H27F3N4O6S/c24-12-7-11(8-13(25)16(12)26)14-9-30(28-27-14)17-18(32)15(10-31)36-22(19(17)33)37-20(23(35)3-1-4-23)21(34)29-5-2-6-29/h7-9,15,17-20,22,31-33,35H,1-6,10H2/t15-,17+,18+,19-,20-,22+/m1/s1. The van der Waals surface area contributed by atoms with E-state index in [0.29, 0.717) is 25.9 Å². The van der Waals surface area contributed by atoms with Crippen LogP contribution in [0.1, 0.15) is 31.7 Å². The Hall–Kier alpha value is -2.23. The van der Waals surface area contributed by atoms with Crippen molar-refractivity contribution in [2.75, 3.05) is 19.7 Å². The van der Waals surface area contributed by atoms with Crippen molar-refractivity contribution in [2.45, 2.75) is 66.3 Å². The Bertz CT molecular complexity index is 1140. The maximum Gasteiger partial charge on any atom is 0.238 e. The molecule has 10 nitrogen and oxygen atoms in total. The van der Waals surface area contributed by atoms with Crippen molar-refractivity contribution in [3.63, 3.8) is 0 Å². The summed E-state index contributed by atoms with van der Waals surface area (Å²) >= 11 is 0.932. The smallest absolute Gasteiger partial charge is 0.238 e. The molecule has 0 spiro atoms. The van der Waals surface area contributed by atoms with E-state index < -0.39 is 64.7 Å². The Balaban J connectivity index is 1.42. The summed E-state index contributed by atoms with van der Waals surface area (Å²) in [6, 6.07) is 0.254. The molecule has 14 heteroatoms. The first-order chi connectivity index (χ1) is 17.6. The Morgan fingerprint density at radius 3 is 2.38 bits per heavy atom. The van der Waals surface area contributed by atoms with Crippen LogP contribution in [0.5, 0.6) is 0 Å². The van der Waals surface area contributed by atoms with E-state index in [9.17, 15) is 38.4 Å². The van der Waals surface area contributed by atoms with E-state index in [-0.39, 0.29) is 17.2 Å². The lowest BCUT2D eigenvalue weighted by Crippen LogP contribution is -2.60. The van der Waals surface area contributed by atoms with Crippen LogP contribution in [0.15, 0.2) is 18.3 Å². The minimum Gasteiger partial charge on any atom is -0.394 e. The van der Waals surface area contributed by atoms with Gasteiger partial charge in [0.05, 0.1) is 18.4 Å². The molecule has 1 amide bonds. The molecule has 2 aliphatic heterocycles. The molecule has 3 heterocycles. The molecule has 0 radical (unpaired) electrons. The monoisotopic (exact) mass is 544 g/mol. The number of hydrogen-bond donors (Lipinski definition) is 4. The van der Waals surface area contributed by atoms with Gasteiger partial charge in [-0.15, -0.1) is 16.9 Å². The number of likely N-dealkylation sites (tertiary alicyclic amines) is 1. The number of aliphatic hydroxyl groups is 4. The van der Waals surface area contributed by atoms with Crippen LogP contribution in [0.4, 0.5) is 13.2 Å². The maximum absolute atomic E-state index is 13.7. The quantitative estimate of drug-likeness (QED) is 0.369. The van der Waals surface area contributed by atoms with Gasteiger partial charge in [0, 0.05) is 18.7 Å². The number of halogens is 3. The van der Waals surface area contributed by atoms with E-state index in [1.165, 1.54) is 6.20 Å². The number of amides is 1. The minimum atomic E-state index is -1.63. The zero-order chi connectivity index (χ0) is 26.5. The summed E-state index contributed by atoms with van der Waals surface area (Å²) in [5.74, 6) is -4.73. The lowest BCUT2D eigenvalue weighted by Gasteiger charge is -2.48. The third-order valence-electron chi connectivity index (χ3n) is 7.31. The largest absolute Gasteiger partial charge is 0.394 e. The molecule has 2 saturated heterocycles. The summed E-state index contributed by atoms with van der Waals surface area (Å²) in [4.78, 5) is 14.8. The van der Waals surface area contributed by atoms with E-state index in [2.05, 4.69) is 10.3 Å². The average molecular weight is 545 g/mol. The van der Waals surface area contributed by atoms with Gasteiger partial charge in [-0.3, -0.25) is 4.79 Å². The number of rotatable bonds is 7. The second kappa shape index (κ2) is 10.2. The van der Waals surface area contributed by atoms with E-state index in [1.54, 1.807) is 4.90 Å². The molecule has 1 aliphatic carbocycles. The molecule has 5 rings (SSSR count). The second-order valence-corrected chi connectivity index (χ2v) is 10.9. The summed E-state index contributed by atoms with van der Waals surface area (Å²) in [6.07, 6.45) is -0.454. The third-order valence-corrected chi connectivity index (χ3v) is 8.88. The highest BCUT2D eigenvalue weighted by atomic mass is 32.2. The summed E-state index contributed by atoms with van der Waals surface area (Å²) in [7, 11) is 0. The van der Waals surface area contributed by atoms with Crippen LogP contribution < -0.4 is 0 Å². The van der Waals surface area contributed by atoms with Crippen molar-refractivity contribution >= 4 is 17.7 Å². The van der Waals surface area contributed by atoms with Gasteiger partial charge in [0.1, 0.15) is 40.7 Å². The summed E-state index contributed by atoms with van der Waals surface area (Å²) < 4.78 is 47.6. The first-order valence-corrected chi connectivity index (χ1v) is 12.9. The highest BCUT2D eigenvalue weighted by molar-refractivity contribution is 8.01. The van der Waals surface area contributed by atoms with Crippen molar-refractivity contribution in [3.05, 3.63) is 35.8 Å². The van der Waals surface area contributed by atoms with Crippen LogP contribution in [0.2, 0.25) is 0 Å². The number of ether oxygens (including phenoxy) is 1. The van der Waals surface area contributed by atoms with E-state index in [4.69, 9.17) is 4.74 Å². The molecule has 3 fully saturated rings. The van der Waals surface area contributed by atoms with Gasteiger partial charge in [0.15, 0.2) is 17.5 Å². The van der Waals surface area contributed by atoms with Gasteiger partial charge in [-0.2, -0.15) is 0 Å². The summed E-state index contributed by atoms with van der Waals surface area (Å²) in [5.41, 5.74) is -2.57. The molecule has 0 bridgehead atoms. The molecule has 0 unspecified atom stereocenters. The zero-order valence-electron chi connectivity index (χ0n) is 19.6. The maximum atomic E-state index is 13.7. The highest BCUT2D eigenvalue weighted by Gasteiger charge is 2.53. The van der Waals surface area contributed by atoms with Gasteiger partial charge >= 0.3 is 0 Å². The SMILES string of the molecule is O=C([C@@H](S[C@@H]1O[C@H](CO)[C@H](O)[C@H](n2cc(-c3cc(F)c(F)c(F)c3)nn2)[C@H]1O)C1(O)CCC1)N1CCC1. The molecule has 4 N–H and O–H groups in total. The number of carbonyl (C=O) groups is 1. The fourth-order valence-corrected chi connectivity index (χ4v) is 6.35. The molecule has 3 aliphatic rings. The molecule has 1 saturated carbocycles. The second-order valence-electron chi connectivity index (χ2n) is 9.69. The van der Waals surface area contributed by atoms with E-state index in [1.807, 2.05) is 0 Å². The first kappa shape index (κ1) is 26.4. The molecule has 37 heavy (non-hydrogen) atoms. The van der Waals surface area contributed by atoms with Gasteiger partial charge < -0.3 is 30.1 Å². The van der Waals surface area contributed by atoms with Crippen molar-refractivity contribution in [1.29, 1.82) is 0 Å². The van der Waals surface area contributed by atoms with Gasteiger partial charge in [-0.1, -0.05) is 5.21 Å². The summed E-state index contributed by atoms with van der Waals surface area (Å²) in [6.45, 7) is 0.534. The van der Waals surface area contributed by atoms with Crippen molar-refractivity contribution in [3.8, 4) is 11.3 Å². The predicted octanol–water partition coefficient (Wildman–Crippen LogP) is 0.592. The van der Waals surface area contributed by atoms with Gasteiger partial charge in [0.2, 0.25) is 5.91 Å². The summed E-state index contributed by atoms with van der Waals surface area (Å²) in [5, 5.41) is 49.7. The molecule has 2 aromatic rings. The Morgan fingerprint density at radius 1 is 1.16 bits per heavy atom. The van der Waals surface area contributed by atoms with Crippen molar-refractivity contribution < 1.29 is 43.1 Å². The molecule has 1 aromatic heterocycles. The van der Waals surface area contributed by atoms with Crippen LogP contribution in [-0.2, 0) is 9.53 Å². The first-order valence-electron chi connectivity index (χ1n) is 12.0. The fourth-order valence-electron chi connectivity index (χ4n) is 4.80. The number of nitrogens with zero attached hydrogens (tertiary/aromatic N) is 4. The highest BCUT2D eigenvalue weighted by Crippen LogP contribution is 2.46. The number of aromatic nitrogens is 3. The average Bonchev–Trinajstić information content (AvgIpc) is 3.29. The van der Waals surface area contributed by atoms with Crippen LogP contribution in [0, 0.1) is 17.5 Å². The van der Waals surface area contributed by atoms with Gasteiger partial charge in [-0.05, 0) is 37.8 Å². The lowest BCUT2D eigenvalue weighted by molar-refractivity contribution is -0.179. The Morgan fingerprint density at radius 2 is 1.84 bits per heavy atom. The van der Waals surface area contributed by atoms with Gasteiger partial charge in [-0.25, -0.2) is 17.9 Å². The number of aliphatic hydroxyl groups excluding tert-OH is 3. The molecule has 1 aromatic carbocycles. The number of benzene rings is 1. The van der Waals surface area contributed by atoms with Crippen LogP contribution in [0.3, 0.4) is 0 Å². The lowest BCUT2D eigenvalue weighted by atomic mass is 9.77. The Labute approximate surface area is 214 Å². The fraction of sp³-hybridized carbons (Fsp3) is 0.609. The number of hydrogen-bond acceptors (Lipinski definition) is 9. The zero-order valence-corrected chi connectivity index (χ0v) is 20.4. The van der Waals surface area contributed by atoms with E-state index in [0.717, 1.165) is 41.4 Å². The number of thioether (sulfide) groups is 1. The predicted molar refractivity (Wildman–Crippen MR) is 124 cm³/mol. The normalized spacial score (nSPS) is 29.9. The minimum absolute atomic E-state index is 0.0527. The number of carbonyl (C=O) groups excluding carboxylic acids is 1. The molecule has 202 valence electrons.